The van der Waals surface area contributed by atoms with Crippen molar-refractivity contribution in [1.29, 1.82) is 0 Å². The van der Waals surface area contributed by atoms with Crippen molar-refractivity contribution in [2.24, 2.45) is 11.8 Å². The van der Waals surface area contributed by atoms with Gasteiger partial charge in [-0.3, -0.25) is 4.79 Å². The van der Waals surface area contributed by atoms with Crippen LogP contribution in [-0.4, -0.2) is 35.5 Å². The van der Waals surface area contributed by atoms with Gasteiger partial charge >= 0.3 is 0 Å². The van der Waals surface area contributed by atoms with Crippen molar-refractivity contribution in [2.75, 3.05) is 18.0 Å². The van der Waals surface area contributed by atoms with Crippen LogP contribution in [0.4, 0.5) is 10.1 Å². The van der Waals surface area contributed by atoms with Gasteiger partial charge in [0, 0.05) is 36.8 Å². The molecular weight excluding hydrogens is 339 g/mol. The average molecular weight is 373 g/mol. The van der Waals surface area contributed by atoms with Crippen molar-refractivity contribution in [2.45, 2.75) is 76.8 Å². The molecule has 1 aliphatic carbocycles. The summed E-state index contributed by atoms with van der Waals surface area (Å²) in [4.78, 5) is 17.3. The number of amides is 1. The normalized spacial score (nSPS) is 27.8. The molecular formula is C23H33FN2O. The van der Waals surface area contributed by atoms with Gasteiger partial charge in [-0.25, -0.2) is 4.39 Å². The molecule has 0 N–H and O–H groups in total. The Balaban J connectivity index is 1.41. The van der Waals surface area contributed by atoms with E-state index in [0.717, 1.165) is 50.4 Å². The van der Waals surface area contributed by atoms with Crippen molar-refractivity contribution in [1.82, 2.24) is 4.90 Å². The zero-order valence-electron chi connectivity index (χ0n) is 16.8. The van der Waals surface area contributed by atoms with Crippen LogP contribution < -0.4 is 4.90 Å². The summed E-state index contributed by atoms with van der Waals surface area (Å²) in [7, 11) is 0. The molecule has 1 aromatic carbocycles. The van der Waals surface area contributed by atoms with Crippen molar-refractivity contribution in [3.8, 4) is 0 Å². The highest BCUT2D eigenvalue weighted by molar-refractivity contribution is 5.76. The molecule has 4 heteroatoms. The van der Waals surface area contributed by atoms with Gasteiger partial charge in [0.05, 0.1) is 0 Å². The fourth-order valence-corrected chi connectivity index (χ4v) is 5.93. The molecule has 1 amide bonds. The summed E-state index contributed by atoms with van der Waals surface area (Å²) in [5.74, 6) is 1.43. The minimum absolute atomic E-state index is 0.00791. The topological polar surface area (TPSA) is 23.6 Å². The highest BCUT2D eigenvalue weighted by Crippen LogP contribution is 2.44. The number of hydrogen-bond acceptors (Lipinski definition) is 2. The monoisotopic (exact) mass is 372 g/mol. The Morgan fingerprint density at radius 1 is 1.22 bits per heavy atom. The van der Waals surface area contributed by atoms with Gasteiger partial charge in [0.25, 0.3) is 0 Å². The van der Waals surface area contributed by atoms with Crippen LogP contribution >= 0.6 is 0 Å². The zero-order chi connectivity index (χ0) is 19.0. The van der Waals surface area contributed by atoms with E-state index in [4.69, 9.17) is 0 Å². The predicted octanol–water partition coefficient (Wildman–Crippen LogP) is 5.00. The van der Waals surface area contributed by atoms with E-state index in [9.17, 15) is 9.18 Å². The van der Waals surface area contributed by atoms with Gasteiger partial charge in [-0.1, -0.05) is 31.7 Å². The Kier molecular flexibility index (Phi) is 5.17. The van der Waals surface area contributed by atoms with Crippen molar-refractivity contribution in [3.05, 3.63) is 30.1 Å². The molecule has 0 unspecified atom stereocenters. The van der Waals surface area contributed by atoms with E-state index in [1.165, 1.54) is 31.7 Å². The van der Waals surface area contributed by atoms with E-state index in [0.29, 0.717) is 17.9 Å². The van der Waals surface area contributed by atoms with Crippen molar-refractivity contribution >= 4 is 11.6 Å². The van der Waals surface area contributed by atoms with Gasteiger partial charge < -0.3 is 9.80 Å². The quantitative estimate of drug-likeness (QED) is 0.742. The number of benzene rings is 1. The molecule has 0 spiro atoms. The van der Waals surface area contributed by atoms with Gasteiger partial charge in [-0.2, -0.15) is 0 Å². The molecule has 148 valence electrons. The molecule has 0 aromatic heterocycles. The molecule has 3 fully saturated rings. The second kappa shape index (κ2) is 7.44. The van der Waals surface area contributed by atoms with E-state index >= 15 is 0 Å². The number of nitrogens with zero attached hydrogens (tertiary/aromatic N) is 2. The molecule has 2 atom stereocenters. The number of carbonyl (C=O) groups excluding carboxylic acids is 1. The number of rotatable bonds is 4. The van der Waals surface area contributed by atoms with Gasteiger partial charge in [0.1, 0.15) is 5.82 Å². The van der Waals surface area contributed by atoms with Crippen LogP contribution in [0.2, 0.25) is 0 Å². The number of likely N-dealkylation sites (tertiary alicyclic amines) is 1. The number of fused-ring (bicyclic) bond motifs is 1. The first-order valence-electron chi connectivity index (χ1n) is 10.8. The van der Waals surface area contributed by atoms with Crippen molar-refractivity contribution < 1.29 is 9.18 Å². The Morgan fingerprint density at radius 3 is 2.74 bits per heavy atom. The van der Waals surface area contributed by atoms with Crippen molar-refractivity contribution in [3.63, 3.8) is 0 Å². The third kappa shape index (κ3) is 3.86. The second-order valence-electron chi connectivity index (χ2n) is 9.51. The smallest absolute Gasteiger partial charge is 0.222 e. The molecule has 1 saturated carbocycles. The maximum atomic E-state index is 13.8. The summed E-state index contributed by atoms with van der Waals surface area (Å²) >= 11 is 0. The highest BCUT2D eigenvalue weighted by atomic mass is 19.1. The fourth-order valence-electron chi connectivity index (χ4n) is 5.93. The lowest BCUT2D eigenvalue weighted by molar-refractivity contribution is -0.133. The minimum Gasteiger partial charge on any atom is -0.363 e. The Morgan fingerprint density at radius 2 is 2.00 bits per heavy atom. The van der Waals surface area contributed by atoms with Crippen LogP contribution in [-0.2, 0) is 4.79 Å². The lowest BCUT2D eigenvalue weighted by Crippen LogP contribution is -2.50. The third-order valence-corrected chi connectivity index (χ3v) is 7.12. The highest BCUT2D eigenvalue weighted by Gasteiger charge is 2.48. The van der Waals surface area contributed by atoms with E-state index < -0.39 is 0 Å². The molecule has 4 rings (SSSR count). The summed E-state index contributed by atoms with van der Waals surface area (Å²) in [5, 5.41) is 0. The Bertz CT molecular complexity index is 683. The second-order valence-corrected chi connectivity index (χ2v) is 9.51. The molecule has 2 saturated heterocycles. The van der Waals surface area contributed by atoms with Gasteiger partial charge in [0.2, 0.25) is 5.91 Å². The Labute approximate surface area is 162 Å². The van der Waals surface area contributed by atoms with Crippen LogP contribution in [0.25, 0.3) is 0 Å². The first kappa shape index (κ1) is 18.8. The molecule has 0 radical (unpaired) electrons. The largest absolute Gasteiger partial charge is 0.363 e. The molecule has 3 nitrogen and oxygen atoms in total. The lowest BCUT2D eigenvalue weighted by atomic mass is 9.89. The first-order valence-corrected chi connectivity index (χ1v) is 10.8. The predicted molar refractivity (Wildman–Crippen MR) is 107 cm³/mol. The molecule has 27 heavy (non-hydrogen) atoms. The number of piperidine rings is 1. The van der Waals surface area contributed by atoms with Crippen LogP contribution in [0.15, 0.2) is 24.3 Å². The SMILES string of the molecule is CC1(C)C[C@@H]2CN(C(=O)CCC3CCCC3)CC[C@@H]2N1c1cccc(F)c1. The zero-order valence-corrected chi connectivity index (χ0v) is 16.8. The first-order chi connectivity index (χ1) is 12.9. The van der Waals surface area contributed by atoms with Crippen LogP contribution in [0.1, 0.15) is 65.2 Å². The average Bonchev–Trinajstić information content (AvgIpc) is 3.23. The van der Waals surface area contributed by atoms with Crippen LogP contribution in [0.3, 0.4) is 0 Å². The summed E-state index contributed by atoms with van der Waals surface area (Å²) in [5.41, 5.74) is 0.972. The molecule has 3 aliphatic rings. The van der Waals surface area contributed by atoms with Gasteiger partial charge in [-0.05, 0) is 63.1 Å². The molecule has 0 bridgehead atoms. The Hall–Kier alpha value is -1.58. The number of carbonyl (C=O) groups is 1. The molecule has 2 aliphatic heterocycles. The maximum absolute atomic E-state index is 13.8. The number of halogens is 1. The van der Waals surface area contributed by atoms with Gasteiger partial charge in [-0.15, -0.1) is 0 Å². The molecule has 1 aromatic rings. The standard InChI is InChI=1S/C23H33FN2O/c1-23(2)15-18-16-25(22(27)11-10-17-6-3-4-7-17)13-12-21(18)26(23)20-9-5-8-19(24)14-20/h5,8-9,14,17-18,21H,3-4,6-7,10-13,15-16H2,1-2H3/t18-,21+/m1/s1. The fraction of sp³-hybridized carbons (Fsp3) is 0.696. The van der Waals surface area contributed by atoms with E-state index in [-0.39, 0.29) is 11.4 Å². The van der Waals surface area contributed by atoms with E-state index in [1.807, 2.05) is 6.07 Å². The van der Waals surface area contributed by atoms with E-state index in [1.54, 1.807) is 12.1 Å². The summed E-state index contributed by atoms with van der Waals surface area (Å²) in [6.07, 6.45) is 9.15. The number of anilines is 1. The summed E-state index contributed by atoms with van der Waals surface area (Å²) in [6, 6.07) is 7.39. The molecule has 2 heterocycles. The van der Waals surface area contributed by atoms with Gasteiger partial charge in [0.15, 0.2) is 0 Å². The third-order valence-electron chi connectivity index (χ3n) is 7.12. The summed E-state index contributed by atoms with van der Waals surface area (Å²) < 4.78 is 13.8. The van der Waals surface area contributed by atoms with Crippen LogP contribution in [0, 0.1) is 17.7 Å². The van der Waals surface area contributed by atoms with Crippen LogP contribution in [0.5, 0.6) is 0 Å². The van der Waals surface area contributed by atoms with E-state index in [2.05, 4.69) is 23.6 Å². The lowest BCUT2D eigenvalue weighted by Gasteiger charge is -2.42. The maximum Gasteiger partial charge on any atom is 0.222 e. The minimum atomic E-state index is -0.175. The summed E-state index contributed by atoms with van der Waals surface area (Å²) in [6.45, 7) is 6.21. The number of hydrogen-bond donors (Lipinski definition) is 0.